The smallest absolute Gasteiger partial charge is 0.271 e. The van der Waals surface area contributed by atoms with Crippen LogP contribution in [0.4, 0.5) is 4.39 Å². The zero-order valence-electron chi connectivity index (χ0n) is 5.97. The molecule has 1 radical (unpaired) electrons. The number of fused-ring (bicyclic) bond motifs is 1. The summed E-state index contributed by atoms with van der Waals surface area (Å²) in [7, 11) is 0. The molecule has 2 rings (SSSR count). The number of hydrogen-bond donors (Lipinski definition) is 1. The van der Waals surface area contributed by atoms with Crippen LogP contribution in [0.15, 0.2) is 18.2 Å². The molecule has 0 saturated heterocycles. The predicted molar refractivity (Wildman–Crippen MR) is 40.8 cm³/mol. The van der Waals surface area contributed by atoms with Gasteiger partial charge in [-0.25, -0.2) is 9.37 Å². The lowest BCUT2D eigenvalue weighted by atomic mass is 10.3. The van der Waals surface area contributed by atoms with Crippen molar-refractivity contribution in [2.45, 2.75) is 0 Å². The minimum atomic E-state index is -0.440. The number of para-hydroxylation sites is 1. The van der Waals surface area contributed by atoms with Gasteiger partial charge < -0.3 is 4.98 Å². The molecule has 1 aromatic carbocycles. The van der Waals surface area contributed by atoms with E-state index in [1.165, 1.54) is 6.07 Å². The summed E-state index contributed by atoms with van der Waals surface area (Å²) >= 11 is 0. The highest BCUT2D eigenvalue weighted by Gasteiger charge is 2.05. The third kappa shape index (κ3) is 0.887. The van der Waals surface area contributed by atoms with E-state index in [9.17, 15) is 9.18 Å². The van der Waals surface area contributed by atoms with Gasteiger partial charge in [-0.3, -0.25) is 4.79 Å². The Kier molecular flexibility index (Phi) is 1.40. The van der Waals surface area contributed by atoms with Crippen LogP contribution in [0.1, 0.15) is 5.82 Å². The fourth-order valence-corrected chi connectivity index (χ4v) is 1.05. The Morgan fingerprint density at radius 1 is 1.50 bits per heavy atom. The maximum absolute atomic E-state index is 12.9. The van der Waals surface area contributed by atoms with Crippen LogP contribution in [-0.4, -0.2) is 16.3 Å². The van der Waals surface area contributed by atoms with Crippen molar-refractivity contribution in [1.82, 2.24) is 9.97 Å². The minimum Gasteiger partial charge on any atom is -0.335 e. The SMILES string of the molecule is O=[C]c1nc2c(F)cccc2[nH]1. The van der Waals surface area contributed by atoms with Gasteiger partial charge in [0.05, 0.1) is 5.52 Å². The van der Waals surface area contributed by atoms with Crippen LogP contribution < -0.4 is 0 Å². The van der Waals surface area contributed by atoms with E-state index in [-0.39, 0.29) is 11.3 Å². The van der Waals surface area contributed by atoms with E-state index in [0.717, 1.165) is 0 Å². The lowest BCUT2D eigenvalue weighted by Crippen LogP contribution is -1.80. The van der Waals surface area contributed by atoms with E-state index < -0.39 is 5.82 Å². The van der Waals surface area contributed by atoms with Crippen LogP contribution in [0, 0.1) is 5.82 Å². The van der Waals surface area contributed by atoms with Crippen LogP contribution in [0.2, 0.25) is 0 Å². The van der Waals surface area contributed by atoms with Gasteiger partial charge >= 0.3 is 0 Å². The summed E-state index contributed by atoms with van der Waals surface area (Å²) in [4.78, 5) is 16.4. The third-order valence-corrected chi connectivity index (χ3v) is 1.56. The molecular formula is C8H4FN2O. The maximum Gasteiger partial charge on any atom is 0.271 e. The van der Waals surface area contributed by atoms with E-state index in [1.54, 1.807) is 18.4 Å². The lowest BCUT2D eigenvalue weighted by Gasteiger charge is -1.86. The van der Waals surface area contributed by atoms with Crippen molar-refractivity contribution >= 4 is 17.3 Å². The van der Waals surface area contributed by atoms with Crippen LogP contribution in [0.3, 0.4) is 0 Å². The average molecular weight is 163 g/mol. The van der Waals surface area contributed by atoms with Gasteiger partial charge in [0.25, 0.3) is 6.29 Å². The Morgan fingerprint density at radius 2 is 2.33 bits per heavy atom. The second-order valence-corrected chi connectivity index (χ2v) is 2.32. The summed E-state index contributed by atoms with van der Waals surface area (Å²) in [6.07, 6.45) is 1.56. The molecule has 1 heterocycles. The maximum atomic E-state index is 12.9. The molecule has 4 heteroatoms. The molecular weight excluding hydrogens is 159 g/mol. The van der Waals surface area contributed by atoms with Crippen molar-refractivity contribution in [3.05, 3.63) is 29.8 Å². The second kappa shape index (κ2) is 2.41. The molecule has 0 unspecified atom stereocenters. The second-order valence-electron chi connectivity index (χ2n) is 2.32. The molecule has 0 bridgehead atoms. The van der Waals surface area contributed by atoms with Gasteiger partial charge in [0.15, 0.2) is 11.6 Å². The number of nitrogens with one attached hydrogen (secondary N) is 1. The number of imidazole rings is 1. The van der Waals surface area contributed by atoms with Crippen LogP contribution >= 0.6 is 0 Å². The molecule has 0 spiro atoms. The van der Waals surface area contributed by atoms with Gasteiger partial charge in [0.2, 0.25) is 0 Å². The molecule has 0 fully saturated rings. The van der Waals surface area contributed by atoms with Crippen LogP contribution in [0.5, 0.6) is 0 Å². The van der Waals surface area contributed by atoms with Gasteiger partial charge in [-0.1, -0.05) is 6.07 Å². The van der Waals surface area contributed by atoms with Crippen molar-refractivity contribution in [2.24, 2.45) is 0 Å². The van der Waals surface area contributed by atoms with Crippen molar-refractivity contribution in [1.29, 1.82) is 0 Å². The normalized spacial score (nSPS) is 10.4. The number of rotatable bonds is 1. The molecule has 12 heavy (non-hydrogen) atoms. The van der Waals surface area contributed by atoms with Gasteiger partial charge in [0.1, 0.15) is 5.52 Å². The fourth-order valence-electron chi connectivity index (χ4n) is 1.05. The Bertz CT molecular complexity index is 436. The Balaban J connectivity index is 2.82. The largest absolute Gasteiger partial charge is 0.335 e. The van der Waals surface area contributed by atoms with E-state index in [0.29, 0.717) is 5.52 Å². The molecule has 2 aromatic rings. The Hall–Kier alpha value is -1.71. The van der Waals surface area contributed by atoms with Crippen LogP contribution in [0.25, 0.3) is 11.0 Å². The first kappa shape index (κ1) is 6.97. The highest BCUT2D eigenvalue weighted by molar-refractivity contribution is 5.82. The van der Waals surface area contributed by atoms with Crippen molar-refractivity contribution < 1.29 is 9.18 Å². The minimum absolute atomic E-state index is 0.0232. The standard InChI is InChI=1S/C8H4FN2O/c9-5-2-1-3-6-8(5)11-7(4-12)10-6/h1-3H,(H,10,11). The van der Waals surface area contributed by atoms with Crippen molar-refractivity contribution in [2.75, 3.05) is 0 Å². The number of H-pyrrole nitrogens is 1. The summed E-state index contributed by atoms with van der Waals surface area (Å²) < 4.78 is 12.9. The number of nitrogens with zero attached hydrogens (tertiary/aromatic N) is 1. The quantitative estimate of drug-likeness (QED) is 0.685. The molecule has 1 aromatic heterocycles. The van der Waals surface area contributed by atoms with E-state index >= 15 is 0 Å². The highest BCUT2D eigenvalue weighted by atomic mass is 19.1. The topological polar surface area (TPSA) is 45.8 Å². The fraction of sp³-hybridized carbons (Fsp3) is 0. The van der Waals surface area contributed by atoms with Crippen molar-refractivity contribution in [3.8, 4) is 0 Å². The molecule has 0 atom stereocenters. The average Bonchev–Trinajstić information content (AvgIpc) is 2.49. The number of hydrogen-bond acceptors (Lipinski definition) is 2. The summed E-state index contributed by atoms with van der Waals surface area (Å²) in [6.45, 7) is 0. The number of aromatic amines is 1. The number of halogens is 1. The lowest BCUT2D eigenvalue weighted by molar-refractivity contribution is 0.560. The summed E-state index contributed by atoms with van der Waals surface area (Å²) in [5, 5.41) is 0. The first-order valence-corrected chi connectivity index (χ1v) is 3.33. The molecule has 0 aliphatic carbocycles. The monoisotopic (exact) mass is 163 g/mol. The Morgan fingerprint density at radius 3 is 3.00 bits per heavy atom. The molecule has 0 amide bonds. The van der Waals surface area contributed by atoms with Gasteiger partial charge in [-0.2, -0.15) is 0 Å². The molecule has 3 nitrogen and oxygen atoms in total. The molecule has 0 aliphatic heterocycles. The predicted octanol–water partition coefficient (Wildman–Crippen LogP) is 1.16. The Labute approximate surface area is 67.2 Å². The van der Waals surface area contributed by atoms with Gasteiger partial charge in [-0.15, -0.1) is 0 Å². The van der Waals surface area contributed by atoms with E-state index in [2.05, 4.69) is 9.97 Å². The van der Waals surface area contributed by atoms with E-state index in [4.69, 9.17) is 0 Å². The zero-order valence-corrected chi connectivity index (χ0v) is 5.97. The van der Waals surface area contributed by atoms with Crippen molar-refractivity contribution in [3.63, 3.8) is 0 Å². The third-order valence-electron chi connectivity index (χ3n) is 1.56. The van der Waals surface area contributed by atoms with Crippen LogP contribution in [-0.2, 0) is 4.79 Å². The molecule has 59 valence electrons. The summed E-state index contributed by atoms with van der Waals surface area (Å²) in [6, 6.07) is 4.48. The van der Waals surface area contributed by atoms with Gasteiger partial charge in [0, 0.05) is 0 Å². The molecule has 0 saturated carbocycles. The summed E-state index contributed by atoms with van der Waals surface area (Å²) in [5.74, 6) is -0.416. The highest BCUT2D eigenvalue weighted by Crippen LogP contribution is 2.13. The summed E-state index contributed by atoms with van der Waals surface area (Å²) in [5.41, 5.74) is 0.684. The first-order chi connectivity index (χ1) is 5.81. The van der Waals surface area contributed by atoms with Gasteiger partial charge in [-0.05, 0) is 12.1 Å². The number of aromatic nitrogens is 2. The number of benzene rings is 1. The first-order valence-electron chi connectivity index (χ1n) is 3.33. The zero-order chi connectivity index (χ0) is 8.55. The molecule has 1 N–H and O–H groups in total. The number of carbonyl (C=O) groups excluding carboxylic acids is 1. The molecule has 0 aliphatic rings. The van der Waals surface area contributed by atoms with E-state index in [1.807, 2.05) is 0 Å².